The zero-order valence-electron chi connectivity index (χ0n) is 11.8. The largest absolute Gasteiger partial charge is 0.490 e. The summed E-state index contributed by atoms with van der Waals surface area (Å²) >= 11 is 0. The average Bonchev–Trinajstić information content (AvgIpc) is 2.90. The van der Waals surface area contributed by atoms with E-state index in [-0.39, 0.29) is 0 Å². The van der Waals surface area contributed by atoms with E-state index in [1.54, 1.807) is 12.1 Å². The molecule has 0 aliphatic rings. The van der Waals surface area contributed by atoms with E-state index in [0.717, 1.165) is 24.5 Å². The van der Waals surface area contributed by atoms with Gasteiger partial charge < -0.3 is 4.74 Å². The number of ether oxygens (including phenoxy) is 1. The Morgan fingerprint density at radius 1 is 1.25 bits per heavy atom. The zero-order chi connectivity index (χ0) is 14.4. The molecule has 1 heterocycles. The molecule has 1 aromatic heterocycles. The van der Waals surface area contributed by atoms with Crippen molar-refractivity contribution in [3.63, 3.8) is 0 Å². The fraction of sp³-hybridized carbons (Fsp3) is 0.400. The topological polar surface area (TPSA) is 63.7 Å². The molecule has 5 heteroatoms. The molecule has 0 unspecified atom stereocenters. The summed E-state index contributed by atoms with van der Waals surface area (Å²) in [5.41, 5.74) is 0.552. The second kappa shape index (κ2) is 6.71. The van der Waals surface area contributed by atoms with Gasteiger partial charge >= 0.3 is 0 Å². The maximum absolute atomic E-state index is 8.99. The number of para-hydroxylation sites is 1. The summed E-state index contributed by atoms with van der Waals surface area (Å²) < 4.78 is 7.55. The molecule has 0 radical (unpaired) electrons. The molecule has 0 bridgehead atoms. The van der Waals surface area contributed by atoms with Crippen LogP contribution in [0.15, 0.2) is 24.3 Å². The Bertz CT molecular complexity index is 613. The highest BCUT2D eigenvalue weighted by Crippen LogP contribution is 2.16. The van der Waals surface area contributed by atoms with E-state index in [4.69, 9.17) is 10.00 Å². The van der Waals surface area contributed by atoms with Crippen LogP contribution in [0.1, 0.15) is 31.1 Å². The van der Waals surface area contributed by atoms with E-state index in [1.807, 2.05) is 23.7 Å². The monoisotopic (exact) mass is 270 g/mol. The quantitative estimate of drug-likeness (QED) is 0.808. The molecule has 5 nitrogen and oxygen atoms in total. The third-order valence-electron chi connectivity index (χ3n) is 2.99. The van der Waals surface area contributed by atoms with E-state index in [2.05, 4.69) is 23.1 Å². The van der Waals surface area contributed by atoms with Gasteiger partial charge in [0.1, 0.15) is 24.3 Å². The Hall–Kier alpha value is -2.35. The Morgan fingerprint density at radius 3 is 2.75 bits per heavy atom. The highest BCUT2D eigenvalue weighted by molar-refractivity contribution is 5.42. The van der Waals surface area contributed by atoms with E-state index >= 15 is 0 Å². The minimum atomic E-state index is 0.470. The van der Waals surface area contributed by atoms with Crippen molar-refractivity contribution < 1.29 is 4.74 Å². The van der Waals surface area contributed by atoms with Gasteiger partial charge in [0.05, 0.1) is 12.1 Å². The molecule has 0 aliphatic carbocycles. The van der Waals surface area contributed by atoms with Crippen molar-refractivity contribution in [2.24, 2.45) is 0 Å². The van der Waals surface area contributed by atoms with Crippen molar-refractivity contribution in [2.75, 3.05) is 6.61 Å². The van der Waals surface area contributed by atoms with Crippen LogP contribution in [-0.4, -0.2) is 21.4 Å². The molecule has 104 valence electrons. The predicted molar refractivity (Wildman–Crippen MR) is 75.4 cm³/mol. The first-order chi connectivity index (χ1) is 9.78. The standard InChI is InChI=1S/C15H18N4O/c1-3-14-17-15(4-2)19(18-14)9-10-20-13-8-6-5-7-12(13)11-16/h5-8H,3-4,9-10H2,1-2H3. The number of aromatic nitrogens is 3. The van der Waals surface area contributed by atoms with Gasteiger partial charge in [-0.05, 0) is 12.1 Å². The Labute approximate surface area is 118 Å². The van der Waals surface area contributed by atoms with E-state index in [9.17, 15) is 0 Å². The number of nitrogens with zero attached hydrogens (tertiary/aromatic N) is 4. The van der Waals surface area contributed by atoms with Gasteiger partial charge in [-0.25, -0.2) is 9.67 Å². The van der Waals surface area contributed by atoms with E-state index < -0.39 is 0 Å². The molecule has 20 heavy (non-hydrogen) atoms. The SMILES string of the molecule is CCc1nc(CC)n(CCOc2ccccc2C#N)n1. The van der Waals surface area contributed by atoms with Crippen LogP contribution < -0.4 is 4.74 Å². The van der Waals surface area contributed by atoms with Crippen molar-refractivity contribution in [1.29, 1.82) is 5.26 Å². The number of aryl methyl sites for hydroxylation is 2. The first-order valence-electron chi connectivity index (χ1n) is 6.83. The summed E-state index contributed by atoms with van der Waals surface area (Å²) in [4.78, 5) is 4.45. The number of benzene rings is 1. The Kier molecular flexibility index (Phi) is 4.72. The minimum Gasteiger partial charge on any atom is -0.490 e. The lowest BCUT2D eigenvalue weighted by atomic mass is 10.2. The van der Waals surface area contributed by atoms with Gasteiger partial charge in [-0.3, -0.25) is 0 Å². The fourth-order valence-corrected chi connectivity index (χ4v) is 1.94. The van der Waals surface area contributed by atoms with Crippen molar-refractivity contribution in [2.45, 2.75) is 33.2 Å². The van der Waals surface area contributed by atoms with Gasteiger partial charge in [0.15, 0.2) is 5.82 Å². The van der Waals surface area contributed by atoms with Crippen LogP contribution in [0.3, 0.4) is 0 Å². The summed E-state index contributed by atoms with van der Waals surface area (Å²) in [6.45, 7) is 5.21. The third kappa shape index (κ3) is 3.15. The zero-order valence-corrected chi connectivity index (χ0v) is 11.8. The van der Waals surface area contributed by atoms with Crippen molar-refractivity contribution in [1.82, 2.24) is 14.8 Å². The number of hydrogen-bond donors (Lipinski definition) is 0. The lowest BCUT2D eigenvalue weighted by Gasteiger charge is -2.08. The summed E-state index contributed by atoms with van der Waals surface area (Å²) in [5, 5.41) is 13.4. The molecule has 1 aromatic carbocycles. The maximum Gasteiger partial charge on any atom is 0.150 e. The second-order valence-corrected chi connectivity index (χ2v) is 4.33. The van der Waals surface area contributed by atoms with Gasteiger partial charge in [-0.1, -0.05) is 26.0 Å². The second-order valence-electron chi connectivity index (χ2n) is 4.33. The van der Waals surface area contributed by atoms with Crippen LogP contribution in [0.5, 0.6) is 5.75 Å². The third-order valence-corrected chi connectivity index (χ3v) is 2.99. The molecule has 0 aliphatic heterocycles. The fourth-order valence-electron chi connectivity index (χ4n) is 1.94. The summed E-state index contributed by atoms with van der Waals surface area (Å²) in [6.07, 6.45) is 1.68. The highest BCUT2D eigenvalue weighted by atomic mass is 16.5. The predicted octanol–water partition coefficient (Wildman–Crippen LogP) is 2.35. The highest BCUT2D eigenvalue weighted by Gasteiger charge is 2.07. The minimum absolute atomic E-state index is 0.470. The molecule has 2 aromatic rings. The van der Waals surface area contributed by atoms with Crippen LogP contribution in [0.25, 0.3) is 0 Å². The van der Waals surface area contributed by atoms with E-state index in [1.165, 1.54) is 0 Å². The van der Waals surface area contributed by atoms with Crippen LogP contribution in [-0.2, 0) is 19.4 Å². The van der Waals surface area contributed by atoms with Crippen molar-refractivity contribution in [3.8, 4) is 11.8 Å². The lowest BCUT2D eigenvalue weighted by Crippen LogP contribution is -2.12. The molecule has 2 rings (SSSR count). The first-order valence-corrected chi connectivity index (χ1v) is 6.83. The van der Waals surface area contributed by atoms with Gasteiger partial charge in [0.25, 0.3) is 0 Å². The molecular formula is C15H18N4O. The molecule has 0 N–H and O–H groups in total. The summed E-state index contributed by atoms with van der Waals surface area (Å²) in [5.74, 6) is 2.45. The first kappa shape index (κ1) is 14.1. The molecule has 0 fully saturated rings. The van der Waals surface area contributed by atoms with Crippen LogP contribution in [0.4, 0.5) is 0 Å². The molecule has 0 amide bonds. The Balaban J connectivity index is 1.99. The number of rotatable bonds is 6. The number of nitriles is 1. The molecule has 0 atom stereocenters. The van der Waals surface area contributed by atoms with Gasteiger partial charge in [-0.2, -0.15) is 10.4 Å². The van der Waals surface area contributed by atoms with Gasteiger partial charge in [0, 0.05) is 12.8 Å². The summed E-state index contributed by atoms with van der Waals surface area (Å²) in [7, 11) is 0. The average molecular weight is 270 g/mol. The van der Waals surface area contributed by atoms with Crippen LogP contribution in [0, 0.1) is 11.3 Å². The maximum atomic E-state index is 8.99. The molecule has 0 spiro atoms. The number of hydrogen-bond acceptors (Lipinski definition) is 4. The smallest absolute Gasteiger partial charge is 0.150 e. The van der Waals surface area contributed by atoms with Crippen molar-refractivity contribution >= 4 is 0 Å². The van der Waals surface area contributed by atoms with Crippen LogP contribution >= 0.6 is 0 Å². The van der Waals surface area contributed by atoms with Gasteiger partial charge in [-0.15, -0.1) is 0 Å². The Morgan fingerprint density at radius 2 is 2.05 bits per heavy atom. The van der Waals surface area contributed by atoms with Crippen LogP contribution in [0.2, 0.25) is 0 Å². The van der Waals surface area contributed by atoms with Crippen molar-refractivity contribution in [3.05, 3.63) is 41.5 Å². The molecular weight excluding hydrogens is 252 g/mol. The van der Waals surface area contributed by atoms with E-state index in [0.29, 0.717) is 24.5 Å². The summed E-state index contributed by atoms with van der Waals surface area (Å²) in [6, 6.07) is 9.36. The molecule has 0 saturated carbocycles. The lowest BCUT2D eigenvalue weighted by molar-refractivity contribution is 0.288. The van der Waals surface area contributed by atoms with Gasteiger partial charge in [0.2, 0.25) is 0 Å². The normalized spacial score (nSPS) is 10.2. The molecule has 0 saturated heterocycles.